The van der Waals surface area contributed by atoms with E-state index in [2.05, 4.69) is 71.7 Å². The summed E-state index contributed by atoms with van der Waals surface area (Å²) in [5.41, 5.74) is 8.12. The van der Waals surface area contributed by atoms with Gasteiger partial charge in [-0.2, -0.15) is 0 Å². The zero-order chi connectivity index (χ0) is 14.6. The number of allylic oxidation sites excluding steroid dienone is 1. The number of benzene rings is 1. The van der Waals surface area contributed by atoms with Crippen LogP contribution in [-0.4, -0.2) is 0 Å². The SMILES string of the molecule is C=C=Cc1ccc(C(CC)C(=C)C(C)(C)C)cc1C. The Bertz CT molecular complexity index is 505. The second-order valence-electron chi connectivity index (χ2n) is 6.20. The van der Waals surface area contributed by atoms with Crippen molar-refractivity contribution in [3.05, 3.63) is 59.4 Å². The summed E-state index contributed by atoms with van der Waals surface area (Å²) >= 11 is 0. The van der Waals surface area contributed by atoms with Crippen LogP contribution in [0, 0.1) is 12.3 Å². The molecule has 0 aliphatic rings. The Morgan fingerprint density at radius 2 is 2.00 bits per heavy atom. The maximum atomic E-state index is 4.33. The largest absolute Gasteiger partial charge is 0.128 e. The number of hydrogen-bond acceptors (Lipinski definition) is 0. The molecule has 102 valence electrons. The topological polar surface area (TPSA) is 0 Å². The Morgan fingerprint density at radius 3 is 2.42 bits per heavy atom. The standard InChI is InChI=1S/C19H26/c1-8-10-16-11-12-17(13-14(16)3)18(9-2)15(4)19(5,6)7/h10-13,18H,1,4,9H2,2-3,5-7H3. The summed E-state index contributed by atoms with van der Waals surface area (Å²) < 4.78 is 0. The van der Waals surface area contributed by atoms with Gasteiger partial charge in [-0.25, -0.2) is 0 Å². The summed E-state index contributed by atoms with van der Waals surface area (Å²) in [4.78, 5) is 0. The van der Waals surface area contributed by atoms with Gasteiger partial charge in [0.05, 0.1) is 0 Å². The van der Waals surface area contributed by atoms with Gasteiger partial charge in [-0.3, -0.25) is 0 Å². The van der Waals surface area contributed by atoms with Crippen LogP contribution < -0.4 is 0 Å². The molecule has 0 bridgehead atoms. The highest BCUT2D eigenvalue weighted by molar-refractivity contribution is 5.54. The molecular weight excluding hydrogens is 228 g/mol. The van der Waals surface area contributed by atoms with Gasteiger partial charge in [-0.05, 0) is 41.5 Å². The van der Waals surface area contributed by atoms with E-state index in [0.717, 1.165) is 6.42 Å². The fraction of sp³-hybridized carbons (Fsp3) is 0.421. The van der Waals surface area contributed by atoms with E-state index in [9.17, 15) is 0 Å². The third-order valence-corrected chi connectivity index (χ3v) is 3.75. The lowest BCUT2D eigenvalue weighted by molar-refractivity contribution is 0.460. The van der Waals surface area contributed by atoms with E-state index in [-0.39, 0.29) is 5.41 Å². The van der Waals surface area contributed by atoms with Gasteiger partial charge in [0.1, 0.15) is 0 Å². The molecule has 0 saturated heterocycles. The molecule has 0 spiro atoms. The first-order chi connectivity index (χ1) is 8.81. The van der Waals surface area contributed by atoms with Crippen molar-refractivity contribution in [2.75, 3.05) is 0 Å². The van der Waals surface area contributed by atoms with Gasteiger partial charge in [0.2, 0.25) is 0 Å². The molecule has 0 amide bonds. The van der Waals surface area contributed by atoms with Crippen LogP contribution >= 0.6 is 0 Å². The molecule has 1 unspecified atom stereocenters. The Morgan fingerprint density at radius 1 is 1.37 bits per heavy atom. The van der Waals surface area contributed by atoms with Crippen molar-refractivity contribution in [1.82, 2.24) is 0 Å². The molecule has 0 aliphatic carbocycles. The first-order valence-electron chi connectivity index (χ1n) is 6.97. The second kappa shape index (κ2) is 6.08. The predicted octanol–water partition coefficient (Wildman–Crippen LogP) is 5.89. The summed E-state index contributed by atoms with van der Waals surface area (Å²) in [6, 6.07) is 6.64. The average Bonchev–Trinajstić information content (AvgIpc) is 2.32. The van der Waals surface area contributed by atoms with E-state index in [1.54, 1.807) is 0 Å². The van der Waals surface area contributed by atoms with Crippen molar-refractivity contribution in [1.29, 1.82) is 0 Å². The van der Waals surface area contributed by atoms with E-state index >= 15 is 0 Å². The van der Waals surface area contributed by atoms with Crippen molar-refractivity contribution in [3.8, 4) is 0 Å². The average molecular weight is 254 g/mol. The van der Waals surface area contributed by atoms with Gasteiger partial charge in [0.15, 0.2) is 0 Å². The smallest absolute Gasteiger partial charge is 0.00481 e. The number of rotatable bonds is 4. The molecule has 0 saturated carbocycles. The Balaban J connectivity index is 3.17. The van der Waals surface area contributed by atoms with Crippen LogP contribution in [0.4, 0.5) is 0 Å². The fourth-order valence-electron chi connectivity index (χ4n) is 2.39. The third-order valence-electron chi connectivity index (χ3n) is 3.75. The van der Waals surface area contributed by atoms with E-state index < -0.39 is 0 Å². The van der Waals surface area contributed by atoms with E-state index in [4.69, 9.17) is 0 Å². The molecule has 0 nitrogen and oxygen atoms in total. The van der Waals surface area contributed by atoms with Gasteiger partial charge < -0.3 is 0 Å². The maximum absolute atomic E-state index is 4.33. The van der Waals surface area contributed by atoms with Gasteiger partial charge in [0.25, 0.3) is 0 Å². The van der Waals surface area contributed by atoms with Crippen LogP contribution in [0.2, 0.25) is 0 Å². The lowest BCUT2D eigenvalue weighted by Gasteiger charge is -2.29. The van der Waals surface area contributed by atoms with Crippen molar-refractivity contribution in [2.45, 2.75) is 47.0 Å². The fourth-order valence-corrected chi connectivity index (χ4v) is 2.39. The van der Waals surface area contributed by atoms with Crippen molar-refractivity contribution >= 4 is 6.08 Å². The van der Waals surface area contributed by atoms with Crippen LogP contribution in [0.3, 0.4) is 0 Å². The number of hydrogen-bond donors (Lipinski definition) is 0. The summed E-state index contributed by atoms with van der Waals surface area (Å²) in [5, 5.41) is 0. The lowest BCUT2D eigenvalue weighted by atomic mass is 9.75. The minimum Gasteiger partial charge on any atom is -0.128 e. The number of aryl methyl sites for hydroxylation is 1. The lowest BCUT2D eigenvalue weighted by Crippen LogP contribution is -2.15. The molecule has 1 atom stereocenters. The molecule has 1 aromatic rings. The van der Waals surface area contributed by atoms with Crippen LogP contribution in [-0.2, 0) is 0 Å². The second-order valence-corrected chi connectivity index (χ2v) is 6.20. The first-order valence-corrected chi connectivity index (χ1v) is 6.97. The highest BCUT2D eigenvalue weighted by Gasteiger charge is 2.23. The highest BCUT2D eigenvalue weighted by Crippen LogP contribution is 2.38. The summed E-state index contributed by atoms with van der Waals surface area (Å²) in [7, 11) is 0. The quantitative estimate of drug-likeness (QED) is 0.464. The Kier molecular flexibility index (Phi) is 4.97. The maximum Gasteiger partial charge on any atom is 0.00481 e. The molecule has 0 radical (unpaired) electrons. The zero-order valence-electron chi connectivity index (χ0n) is 13.0. The normalized spacial score (nSPS) is 12.7. The minimum absolute atomic E-state index is 0.147. The Hall–Kier alpha value is -1.52. The highest BCUT2D eigenvalue weighted by atomic mass is 14.3. The Labute approximate surface area is 118 Å². The molecule has 0 fully saturated rings. The van der Waals surface area contributed by atoms with E-state index in [0.29, 0.717) is 5.92 Å². The third kappa shape index (κ3) is 3.72. The summed E-state index contributed by atoms with van der Waals surface area (Å²) in [6.45, 7) is 19.0. The first kappa shape index (κ1) is 15.5. The minimum atomic E-state index is 0.147. The van der Waals surface area contributed by atoms with Gasteiger partial charge >= 0.3 is 0 Å². The van der Waals surface area contributed by atoms with Crippen molar-refractivity contribution < 1.29 is 0 Å². The molecule has 0 aliphatic heterocycles. The van der Waals surface area contributed by atoms with Crippen LogP contribution in [0.15, 0.2) is 42.7 Å². The summed E-state index contributed by atoms with van der Waals surface area (Å²) in [6.07, 6.45) is 3.02. The van der Waals surface area contributed by atoms with Gasteiger partial charge in [0, 0.05) is 5.92 Å². The monoisotopic (exact) mass is 254 g/mol. The van der Waals surface area contributed by atoms with Gasteiger partial charge in [-0.15, -0.1) is 5.73 Å². The zero-order valence-corrected chi connectivity index (χ0v) is 13.0. The van der Waals surface area contributed by atoms with Crippen molar-refractivity contribution in [2.24, 2.45) is 5.41 Å². The molecule has 1 aromatic carbocycles. The summed E-state index contributed by atoms with van der Waals surface area (Å²) in [5.74, 6) is 0.431. The van der Waals surface area contributed by atoms with Crippen LogP contribution in [0.1, 0.15) is 56.7 Å². The molecule has 0 aromatic heterocycles. The van der Waals surface area contributed by atoms with E-state index in [1.807, 2.05) is 6.08 Å². The van der Waals surface area contributed by atoms with Crippen LogP contribution in [0.5, 0.6) is 0 Å². The molecule has 0 heterocycles. The molecule has 0 heteroatoms. The molecule has 19 heavy (non-hydrogen) atoms. The van der Waals surface area contributed by atoms with E-state index in [1.165, 1.54) is 22.3 Å². The predicted molar refractivity (Wildman–Crippen MR) is 86.4 cm³/mol. The molecular formula is C19H26. The van der Waals surface area contributed by atoms with Gasteiger partial charge in [-0.1, -0.05) is 64.6 Å². The van der Waals surface area contributed by atoms with Crippen molar-refractivity contribution in [3.63, 3.8) is 0 Å². The molecule has 0 N–H and O–H groups in total. The molecule has 1 rings (SSSR count). The van der Waals surface area contributed by atoms with Crippen LogP contribution in [0.25, 0.3) is 6.08 Å².